The molecule has 1 unspecified atom stereocenters. The van der Waals surface area contributed by atoms with Gasteiger partial charge in [-0.2, -0.15) is 4.39 Å². The SMILES string of the molecule is CC1(F)Oc2ccc(CCc3ccc4nccn4c3C(=O)O)cc2O1. The molecule has 7 heteroatoms. The number of aromatic carboxylic acids is 1. The van der Waals surface area contributed by atoms with Gasteiger partial charge in [0, 0.05) is 19.3 Å². The van der Waals surface area contributed by atoms with Crippen LogP contribution in [0.1, 0.15) is 28.5 Å². The van der Waals surface area contributed by atoms with E-state index >= 15 is 0 Å². The molecular formula is C18H15FN2O4. The van der Waals surface area contributed by atoms with E-state index in [2.05, 4.69) is 4.98 Å². The number of aromatic nitrogens is 2. The van der Waals surface area contributed by atoms with Crippen molar-refractivity contribution in [1.29, 1.82) is 0 Å². The van der Waals surface area contributed by atoms with Gasteiger partial charge in [-0.05, 0) is 42.2 Å². The second-order valence-corrected chi connectivity index (χ2v) is 5.99. The topological polar surface area (TPSA) is 73.1 Å². The molecule has 3 heterocycles. The molecule has 2 aromatic heterocycles. The Labute approximate surface area is 142 Å². The molecule has 1 aliphatic rings. The van der Waals surface area contributed by atoms with Crippen molar-refractivity contribution < 1.29 is 23.8 Å². The number of hydrogen-bond donors (Lipinski definition) is 1. The lowest BCUT2D eigenvalue weighted by molar-refractivity contribution is -0.173. The molecule has 0 aliphatic carbocycles. The molecule has 1 N–H and O–H groups in total. The molecular weight excluding hydrogens is 327 g/mol. The first-order valence-electron chi connectivity index (χ1n) is 7.81. The number of carbonyl (C=O) groups is 1. The van der Waals surface area contributed by atoms with Gasteiger partial charge in [0.2, 0.25) is 0 Å². The molecule has 128 valence electrons. The Bertz CT molecular complexity index is 980. The van der Waals surface area contributed by atoms with Gasteiger partial charge in [-0.3, -0.25) is 4.40 Å². The fraction of sp³-hybridized carbons (Fsp3) is 0.222. The lowest BCUT2D eigenvalue weighted by atomic mass is 10.0. The van der Waals surface area contributed by atoms with Crippen molar-refractivity contribution in [2.24, 2.45) is 0 Å². The zero-order valence-corrected chi connectivity index (χ0v) is 13.4. The number of hydrogen-bond acceptors (Lipinski definition) is 4. The van der Waals surface area contributed by atoms with Crippen LogP contribution in [-0.4, -0.2) is 26.5 Å². The fourth-order valence-electron chi connectivity index (χ4n) is 3.04. The number of aryl methyl sites for hydroxylation is 2. The minimum atomic E-state index is -2.15. The number of halogens is 1. The quantitative estimate of drug-likeness (QED) is 0.788. The molecule has 1 atom stereocenters. The van der Waals surface area contributed by atoms with Crippen LogP contribution in [0.5, 0.6) is 11.5 Å². The molecule has 6 nitrogen and oxygen atoms in total. The molecule has 0 saturated carbocycles. The Hall–Kier alpha value is -3.09. The number of pyridine rings is 1. The minimum Gasteiger partial charge on any atom is -0.477 e. The number of ether oxygens (including phenoxy) is 2. The number of rotatable bonds is 4. The average Bonchev–Trinajstić information content (AvgIpc) is 3.13. The zero-order chi connectivity index (χ0) is 17.6. The number of carboxylic acids is 1. The first-order chi connectivity index (χ1) is 11.9. The largest absolute Gasteiger partial charge is 0.477 e. The number of nitrogens with zero attached hydrogens (tertiary/aromatic N) is 2. The Morgan fingerprint density at radius 2 is 2.04 bits per heavy atom. The van der Waals surface area contributed by atoms with E-state index in [9.17, 15) is 14.3 Å². The third kappa shape index (κ3) is 2.77. The monoisotopic (exact) mass is 342 g/mol. The zero-order valence-electron chi connectivity index (χ0n) is 13.4. The van der Waals surface area contributed by atoms with Gasteiger partial charge < -0.3 is 14.6 Å². The predicted octanol–water partition coefficient (Wildman–Crippen LogP) is 3.23. The van der Waals surface area contributed by atoms with E-state index in [0.29, 0.717) is 35.6 Å². The highest BCUT2D eigenvalue weighted by Crippen LogP contribution is 2.40. The molecule has 0 spiro atoms. The lowest BCUT2D eigenvalue weighted by Gasteiger charge is -2.10. The third-order valence-electron chi connectivity index (χ3n) is 4.13. The molecule has 0 amide bonds. The Morgan fingerprint density at radius 3 is 2.84 bits per heavy atom. The van der Waals surface area contributed by atoms with Crippen LogP contribution in [0.15, 0.2) is 42.7 Å². The summed E-state index contributed by atoms with van der Waals surface area (Å²) in [4.78, 5) is 15.8. The Morgan fingerprint density at radius 1 is 1.24 bits per heavy atom. The van der Waals surface area contributed by atoms with Crippen LogP contribution in [0.2, 0.25) is 0 Å². The highest BCUT2D eigenvalue weighted by Gasteiger charge is 2.36. The average molecular weight is 342 g/mol. The van der Waals surface area contributed by atoms with Gasteiger partial charge in [-0.1, -0.05) is 12.1 Å². The molecule has 0 saturated heterocycles. The molecule has 4 rings (SSSR count). The highest BCUT2D eigenvalue weighted by atomic mass is 19.2. The van der Waals surface area contributed by atoms with Crippen LogP contribution in [0.3, 0.4) is 0 Å². The van der Waals surface area contributed by atoms with Crippen LogP contribution < -0.4 is 9.47 Å². The maximum absolute atomic E-state index is 13.7. The number of benzene rings is 1. The van der Waals surface area contributed by atoms with Gasteiger partial charge in [0.25, 0.3) is 0 Å². The molecule has 1 aliphatic heterocycles. The van der Waals surface area contributed by atoms with Gasteiger partial charge in [0.05, 0.1) is 0 Å². The predicted molar refractivity (Wildman–Crippen MR) is 86.8 cm³/mol. The first-order valence-corrected chi connectivity index (χ1v) is 7.81. The summed E-state index contributed by atoms with van der Waals surface area (Å²) in [6.07, 6.45) is 4.30. The second-order valence-electron chi connectivity index (χ2n) is 5.99. The van der Waals surface area contributed by atoms with E-state index in [1.54, 1.807) is 41.1 Å². The van der Waals surface area contributed by atoms with Gasteiger partial charge in [0.1, 0.15) is 11.3 Å². The molecule has 1 aromatic carbocycles. The fourth-order valence-corrected chi connectivity index (χ4v) is 3.04. The van der Waals surface area contributed by atoms with Crippen LogP contribution in [0, 0.1) is 0 Å². The minimum absolute atomic E-state index is 0.201. The van der Waals surface area contributed by atoms with Crippen LogP contribution in [0.4, 0.5) is 4.39 Å². The van der Waals surface area contributed by atoms with Gasteiger partial charge in [-0.15, -0.1) is 0 Å². The van der Waals surface area contributed by atoms with Crippen molar-refractivity contribution in [3.05, 3.63) is 59.5 Å². The van der Waals surface area contributed by atoms with Crippen molar-refractivity contribution in [3.63, 3.8) is 0 Å². The number of fused-ring (bicyclic) bond motifs is 2. The van der Waals surface area contributed by atoms with Crippen LogP contribution in [0.25, 0.3) is 5.65 Å². The van der Waals surface area contributed by atoms with Crippen molar-refractivity contribution in [3.8, 4) is 11.5 Å². The van der Waals surface area contributed by atoms with Gasteiger partial charge >= 0.3 is 12.0 Å². The standard InChI is InChI=1S/C18H15FN2O4/c1-18(19)24-13-6-3-11(10-14(13)25-18)2-4-12-5-7-15-20-8-9-21(15)16(12)17(22)23/h3,5-10H,2,4H2,1H3,(H,22,23). The summed E-state index contributed by atoms with van der Waals surface area (Å²) in [6, 6.07) is 6.61. The Kier molecular flexibility index (Phi) is 3.38. The number of imidazole rings is 1. The highest BCUT2D eigenvalue weighted by molar-refractivity contribution is 5.88. The normalized spacial score (nSPS) is 18.6. The molecule has 0 fully saturated rings. The van der Waals surface area contributed by atoms with Crippen molar-refractivity contribution in [2.75, 3.05) is 0 Å². The molecule has 3 aromatic rings. The second kappa shape index (κ2) is 5.47. The summed E-state index contributed by atoms with van der Waals surface area (Å²) >= 11 is 0. The molecule has 25 heavy (non-hydrogen) atoms. The maximum Gasteiger partial charge on any atom is 0.404 e. The van der Waals surface area contributed by atoms with E-state index < -0.39 is 12.0 Å². The maximum atomic E-state index is 13.7. The molecule has 0 radical (unpaired) electrons. The summed E-state index contributed by atoms with van der Waals surface area (Å²) in [7, 11) is 0. The first kappa shape index (κ1) is 15.4. The van der Waals surface area contributed by atoms with Crippen molar-refractivity contribution >= 4 is 11.6 Å². The van der Waals surface area contributed by atoms with Crippen LogP contribution in [-0.2, 0) is 12.8 Å². The number of carboxylic acid groups (broad SMARTS) is 1. The van der Waals surface area contributed by atoms with E-state index in [-0.39, 0.29) is 5.69 Å². The van der Waals surface area contributed by atoms with E-state index in [1.807, 2.05) is 6.07 Å². The summed E-state index contributed by atoms with van der Waals surface area (Å²) in [6.45, 7) is 1.20. The van der Waals surface area contributed by atoms with E-state index in [1.165, 1.54) is 6.92 Å². The molecule has 0 bridgehead atoms. The summed E-state index contributed by atoms with van der Waals surface area (Å²) in [5, 5.41) is 9.54. The summed E-state index contributed by atoms with van der Waals surface area (Å²) < 4.78 is 25.4. The summed E-state index contributed by atoms with van der Waals surface area (Å²) in [5.74, 6) is -0.289. The number of alkyl halides is 1. The van der Waals surface area contributed by atoms with Crippen molar-refractivity contribution in [1.82, 2.24) is 9.38 Å². The lowest BCUT2D eigenvalue weighted by Crippen LogP contribution is -2.27. The van der Waals surface area contributed by atoms with Gasteiger partial charge in [0.15, 0.2) is 11.5 Å². The van der Waals surface area contributed by atoms with E-state index in [0.717, 1.165) is 5.56 Å². The van der Waals surface area contributed by atoms with Gasteiger partial charge in [-0.25, -0.2) is 9.78 Å². The smallest absolute Gasteiger partial charge is 0.404 e. The van der Waals surface area contributed by atoms with Crippen LogP contribution >= 0.6 is 0 Å². The Balaban J connectivity index is 1.59. The third-order valence-corrected chi connectivity index (χ3v) is 4.13. The summed E-state index contributed by atoms with van der Waals surface area (Å²) in [5.41, 5.74) is 2.40. The van der Waals surface area contributed by atoms with E-state index in [4.69, 9.17) is 9.47 Å². The van der Waals surface area contributed by atoms with Crippen molar-refractivity contribution in [2.45, 2.75) is 25.8 Å².